The number of carbonyl (C=O) groups excluding carboxylic acids is 1. The number of hydrogen-bond acceptors (Lipinski definition) is 7. The normalized spacial score (nSPS) is 12.0. The number of nitrogens with one attached hydrogen (secondary N) is 1. The topological polar surface area (TPSA) is 114 Å². The van der Waals surface area contributed by atoms with Gasteiger partial charge in [-0.15, -0.1) is 22.8 Å². The summed E-state index contributed by atoms with van der Waals surface area (Å²) in [5, 5.41) is 20.9. The van der Waals surface area contributed by atoms with Crippen LogP contribution in [0, 0.1) is 0 Å². The summed E-state index contributed by atoms with van der Waals surface area (Å²) >= 11 is 10.0. The monoisotopic (exact) mass is 418 g/mol. The predicted molar refractivity (Wildman–Crippen MR) is 109 cm³/mol. The van der Waals surface area contributed by atoms with Crippen LogP contribution >= 0.6 is 24.2 Å². The second kappa shape index (κ2) is 9.09. The maximum atomic E-state index is 12.2. The van der Waals surface area contributed by atoms with Gasteiger partial charge in [0.25, 0.3) is 0 Å². The van der Waals surface area contributed by atoms with Crippen molar-refractivity contribution >= 4 is 35.8 Å². The van der Waals surface area contributed by atoms with Crippen LogP contribution in [-0.2, 0) is 11.2 Å². The summed E-state index contributed by atoms with van der Waals surface area (Å²) in [6.45, 7) is 0. The van der Waals surface area contributed by atoms with Gasteiger partial charge in [0.2, 0.25) is 17.7 Å². The molecule has 0 saturated heterocycles. The van der Waals surface area contributed by atoms with Crippen LogP contribution in [0.5, 0.6) is 5.75 Å². The summed E-state index contributed by atoms with van der Waals surface area (Å²) in [6.07, 6.45) is 0.917. The number of halogens is 1. The van der Waals surface area contributed by atoms with E-state index in [1.54, 1.807) is 0 Å². The number of nitrogens with two attached hydrogens (primary N) is 1. The summed E-state index contributed by atoms with van der Waals surface area (Å²) in [5.41, 5.74) is 7.31. The summed E-state index contributed by atoms with van der Waals surface area (Å²) in [5.74, 6) is 0.269. The quantitative estimate of drug-likeness (QED) is 0.343. The Hall–Kier alpha value is -2.55. The van der Waals surface area contributed by atoms with Crippen LogP contribution < -0.4 is 11.1 Å². The van der Waals surface area contributed by atoms with Crippen LogP contribution in [0.1, 0.15) is 36.2 Å². The number of phenols is 1. The zero-order valence-electron chi connectivity index (χ0n) is 14.8. The SMILES string of the molecule is N[C@@H](CCC(=O)Nc1cc(Cl)cc(S)c1O)c1nnc(Cc2ccccc2)o1. The molecule has 0 fully saturated rings. The fraction of sp³-hybridized carbons (Fsp3) is 0.211. The Labute approximate surface area is 172 Å². The standard InChI is InChI=1S/C19H19ClN4O3S/c20-12-9-14(18(26)15(28)10-12)22-16(25)7-6-13(21)19-24-23-17(27-19)8-11-4-2-1-3-5-11/h1-5,9-10,13,26,28H,6-8,21H2,(H,22,25)/t13-/m0/s1. The highest BCUT2D eigenvalue weighted by Crippen LogP contribution is 2.34. The predicted octanol–water partition coefficient (Wildman–Crippen LogP) is 3.73. The number of amides is 1. The number of benzene rings is 2. The molecule has 0 bridgehead atoms. The molecule has 28 heavy (non-hydrogen) atoms. The average molecular weight is 419 g/mol. The van der Waals surface area contributed by atoms with Crippen molar-refractivity contribution < 1.29 is 14.3 Å². The lowest BCUT2D eigenvalue weighted by Gasteiger charge is -2.11. The molecular weight excluding hydrogens is 400 g/mol. The molecule has 2 aromatic carbocycles. The number of phenolic OH excluding ortho intramolecular Hbond substituents is 1. The molecule has 146 valence electrons. The fourth-order valence-corrected chi connectivity index (χ4v) is 3.12. The van der Waals surface area contributed by atoms with E-state index in [4.69, 9.17) is 21.8 Å². The summed E-state index contributed by atoms with van der Waals surface area (Å²) in [6, 6.07) is 12.1. The van der Waals surface area contributed by atoms with Gasteiger partial charge in [0.15, 0.2) is 5.75 Å². The third kappa shape index (κ3) is 5.25. The van der Waals surface area contributed by atoms with Gasteiger partial charge in [0.1, 0.15) is 0 Å². The number of thiol groups is 1. The third-order valence-electron chi connectivity index (χ3n) is 4.01. The molecule has 0 aliphatic carbocycles. The molecule has 0 saturated carbocycles. The van der Waals surface area contributed by atoms with Gasteiger partial charge < -0.3 is 20.6 Å². The summed E-state index contributed by atoms with van der Waals surface area (Å²) in [7, 11) is 0. The van der Waals surface area contributed by atoms with E-state index in [2.05, 4.69) is 28.1 Å². The van der Waals surface area contributed by atoms with E-state index in [1.807, 2.05) is 30.3 Å². The van der Waals surface area contributed by atoms with Crippen LogP contribution in [0.25, 0.3) is 0 Å². The van der Waals surface area contributed by atoms with E-state index >= 15 is 0 Å². The van der Waals surface area contributed by atoms with Crippen LogP contribution in [0.2, 0.25) is 5.02 Å². The molecule has 9 heteroatoms. The highest BCUT2D eigenvalue weighted by Gasteiger charge is 2.17. The lowest BCUT2D eigenvalue weighted by Crippen LogP contribution is -2.17. The molecule has 0 radical (unpaired) electrons. The number of nitrogens with zero attached hydrogens (tertiary/aromatic N) is 2. The maximum absolute atomic E-state index is 12.2. The highest BCUT2D eigenvalue weighted by molar-refractivity contribution is 7.80. The first-order chi connectivity index (χ1) is 13.4. The van der Waals surface area contributed by atoms with Crippen LogP contribution in [-0.4, -0.2) is 21.2 Å². The second-order valence-electron chi connectivity index (χ2n) is 6.21. The molecule has 1 atom stereocenters. The molecular formula is C19H19ClN4O3S. The first-order valence-corrected chi connectivity index (χ1v) is 9.38. The van der Waals surface area contributed by atoms with Crippen LogP contribution in [0.15, 0.2) is 51.8 Å². The molecule has 0 spiro atoms. The Kier molecular flexibility index (Phi) is 6.56. The van der Waals surface area contributed by atoms with Crippen molar-refractivity contribution in [1.82, 2.24) is 10.2 Å². The van der Waals surface area contributed by atoms with Crippen molar-refractivity contribution in [1.29, 1.82) is 0 Å². The number of carbonyl (C=O) groups is 1. The minimum atomic E-state index is -0.573. The van der Waals surface area contributed by atoms with Gasteiger partial charge in [-0.05, 0) is 24.1 Å². The number of aromatic nitrogens is 2. The van der Waals surface area contributed by atoms with Gasteiger partial charge in [-0.25, -0.2) is 0 Å². The van der Waals surface area contributed by atoms with Gasteiger partial charge in [-0.3, -0.25) is 4.79 Å². The molecule has 1 heterocycles. The number of anilines is 1. The smallest absolute Gasteiger partial charge is 0.233 e. The highest BCUT2D eigenvalue weighted by atomic mass is 35.5. The van der Waals surface area contributed by atoms with Gasteiger partial charge in [-0.1, -0.05) is 41.9 Å². The number of rotatable bonds is 7. The Balaban J connectivity index is 1.54. The van der Waals surface area contributed by atoms with Crippen molar-refractivity contribution in [3.8, 4) is 5.75 Å². The maximum Gasteiger partial charge on any atom is 0.233 e. The van der Waals surface area contributed by atoms with E-state index < -0.39 is 6.04 Å². The Bertz CT molecular complexity index is 965. The zero-order valence-corrected chi connectivity index (χ0v) is 16.5. The van der Waals surface area contributed by atoms with E-state index in [0.29, 0.717) is 23.8 Å². The summed E-state index contributed by atoms with van der Waals surface area (Å²) in [4.78, 5) is 12.4. The molecule has 7 nitrogen and oxygen atoms in total. The molecule has 1 amide bonds. The molecule has 0 aliphatic heterocycles. The van der Waals surface area contributed by atoms with E-state index in [0.717, 1.165) is 5.56 Å². The molecule has 0 aliphatic rings. The number of hydrogen-bond donors (Lipinski definition) is 4. The van der Waals surface area contributed by atoms with Gasteiger partial charge in [0.05, 0.1) is 18.2 Å². The Morgan fingerprint density at radius 3 is 2.79 bits per heavy atom. The second-order valence-corrected chi connectivity index (χ2v) is 7.13. The van der Waals surface area contributed by atoms with Crippen molar-refractivity contribution in [3.63, 3.8) is 0 Å². The van der Waals surface area contributed by atoms with Crippen molar-refractivity contribution in [2.45, 2.75) is 30.2 Å². The van der Waals surface area contributed by atoms with E-state index in [9.17, 15) is 9.90 Å². The van der Waals surface area contributed by atoms with Crippen LogP contribution in [0.4, 0.5) is 5.69 Å². The average Bonchev–Trinajstić information content (AvgIpc) is 3.13. The van der Waals surface area contributed by atoms with E-state index in [-0.39, 0.29) is 34.6 Å². The third-order valence-corrected chi connectivity index (χ3v) is 4.57. The molecule has 4 N–H and O–H groups in total. The fourth-order valence-electron chi connectivity index (χ4n) is 2.56. The molecule has 3 aromatic rings. The van der Waals surface area contributed by atoms with Gasteiger partial charge in [0, 0.05) is 16.3 Å². The van der Waals surface area contributed by atoms with Gasteiger partial charge in [-0.2, -0.15) is 0 Å². The number of aromatic hydroxyl groups is 1. The first kappa shape index (κ1) is 20.2. The Morgan fingerprint density at radius 2 is 2.04 bits per heavy atom. The minimum absolute atomic E-state index is 0.103. The van der Waals surface area contributed by atoms with Gasteiger partial charge >= 0.3 is 0 Å². The lowest BCUT2D eigenvalue weighted by molar-refractivity contribution is -0.116. The van der Waals surface area contributed by atoms with E-state index in [1.165, 1.54) is 12.1 Å². The lowest BCUT2D eigenvalue weighted by atomic mass is 10.1. The Morgan fingerprint density at radius 1 is 1.29 bits per heavy atom. The minimum Gasteiger partial charge on any atom is -0.505 e. The summed E-state index contributed by atoms with van der Waals surface area (Å²) < 4.78 is 5.60. The molecule has 1 aromatic heterocycles. The molecule has 3 rings (SSSR count). The van der Waals surface area contributed by atoms with Crippen molar-refractivity contribution in [3.05, 3.63) is 64.8 Å². The first-order valence-electron chi connectivity index (χ1n) is 8.55. The largest absolute Gasteiger partial charge is 0.505 e. The van der Waals surface area contributed by atoms with Crippen LogP contribution in [0.3, 0.4) is 0 Å². The van der Waals surface area contributed by atoms with Crippen molar-refractivity contribution in [2.75, 3.05) is 5.32 Å². The molecule has 0 unspecified atom stereocenters. The zero-order chi connectivity index (χ0) is 20.1. The van der Waals surface area contributed by atoms with Crippen molar-refractivity contribution in [2.24, 2.45) is 5.73 Å².